The van der Waals surface area contributed by atoms with Crippen molar-refractivity contribution in [2.75, 3.05) is 0 Å². The van der Waals surface area contributed by atoms with Crippen molar-refractivity contribution in [1.29, 1.82) is 0 Å². The molecular weight excluding hydrogens is 302 g/mol. The summed E-state index contributed by atoms with van der Waals surface area (Å²) in [5.41, 5.74) is 1.32. The normalized spacial score (nSPS) is 18.0. The molecule has 0 aliphatic heterocycles. The van der Waals surface area contributed by atoms with Crippen molar-refractivity contribution < 1.29 is 14.7 Å². The molecule has 0 heterocycles. The van der Waals surface area contributed by atoms with Gasteiger partial charge in [0.25, 0.3) is 0 Å². The van der Waals surface area contributed by atoms with E-state index in [1.54, 1.807) is 0 Å². The third-order valence-electron chi connectivity index (χ3n) is 1.35. The van der Waals surface area contributed by atoms with E-state index in [2.05, 4.69) is 25.9 Å². The molecule has 0 spiro atoms. The molecule has 1 rings (SSSR count). The Kier molecular flexibility index (Phi) is 8.57. The Hall–Kier alpha value is 2.09. The molecule has 13 heavy (non-hydrogen) atoms. The summed E-state index contributed by atoms with van der Waals surface area (Å²) in [5.74, 6) is 0. The van der Waals surface area contributed by atoms with Gasteiger partial charge in [-0.3, -0.25) is 0 Å². The zero-order chi connectivity index (χ0) is 10.5. The predicted molar refractivity (Wildman–Crippen MR) is 61.3 cm³/mol. The van der Waals surface area contributed by atoms with Gasteiger partial charge in [-0.1, -0.05) is 13.1 Å². The Balaban J connectivity index is 0.000000310. The molecule has 0 bridgehead atoms. The molecule has 0 amide bonds. The minimum absolute atomic E-state index is 1.32. The van der Waals surface area contributed by atoms with Gasteiger partial charge in [-0.2, -0.15) is 11.1 Å². The summed E-state index contributed by atoms with van der Waals surface area (Å²) in [5, 5.41) is 0. The number of hydrogen-bond donors (Lipinski definition) is 0. The second kappa shape index (κ2) is 7.38. The molecule has 1 saturated carbocycles. The van der Waals surface area contributed by atoms with Gasteiger partial charge in [0.15, 0.2) is 7.38 Å². The van der Waals surface area contributed by atoms with Gasteiger partial charge in [-0.15, -0.1) is 0 Å². The van der Waals surface area contributed by atoms with E-state index in [0.29, 0.717) is 0 Å². The number of rotatable bonds is 1. The average Bonchev–Trinajstić information content (AvgIpc) is 2.31. The topological polar surface area (TPSA) is 0 Å². The molecule has 0 aromatic heterocycles. The van der Waals surface area contributed by atoms with Gasteiger partial charge in [-0.25, -0.2) is 0 Å². The van der Waals surface area contributed by atoms with Crippen molar-refractivity contribution in [2.24, 2.45) is 0 Å². The van der Waals surface area contributed by atoms with Gasteiger partial charge in [0, 0.05) is 0 Å². The molecule has 0 N–H and O–H groups in total. The fraction of sp³-hybridized carbons (Fsp3) is 0.286. The third kappa shape index (κ3) is 9.05. The Morgan fingerprint density at radius 1 is 1.08 bits per heavy atom. The van der Waals surface area contributed by atoms with Crippen LogP contribution in [0, 0.1) is 31.2 Å². The van der Waals surface area contributed by atoms with Crippen LogP contribution in [0.15, 0.2) is 0 Å². The van der Waals surface area contributed by atoms with Crippen LogP contribution in [0.5, 0.6) is 0 Å². The van der Waals surface area contributed by atoms with E-state index in [0.717, 1.165) is 0 Å². The molecule has 0 unspecified atom stereocenters. The number of hydrogen-bond acceptors (Lipinski definition) is 0. The summed E-state index contributed by atoms with van der Waals surface area (Å²) in [7, 11) is 13.4. The van der Waals surface area contributed by atoms with Crippen molar-refractivity contribution in [3.63, 3.8) is 0 Å². The molecule has 6 heteroatoms. The zero-order valence-corrected chi connectivity index (χ0v) is 12.9. The summed E-state index contributed by atoms with van der Waals surface area (Å²) in [6.07, 6.45) is 8.26. The molecule has 0 aromatic rings. The quantitative estimate of drug-likeness (QED) is 0.496. The summed E-state index contributed by atoms with van der Waals surface area (Å²) in [6, 6.07) is 0. The van der Waals surface area contributed by atoms with Crippen molar-refractivity contribution >= 4 is 46.4 Å². The maximum atomic E-state index is 6.14. The maximum absolute atomic E-state index is 6.14. The van der Waals surface area contributed by atoms with Gasteiger partial charge in [0.1, 0.15) is 0 Å². The van der Waals surface area contributed by atoms with Crippen LogP contribution in [0.3, 0.4) is 0 Å². The molecule has 5 radical (unpaired) electrons. The fourth-order valence-corrected chi connectivity index (χ4v) is 2.13. The second-order valence-electron chi connectivity index (χ2n) is 2.86. The Morgan fingerprint density at radius 2 is 1.38 bits per heavy atom. The first kappa shape index (κ1) is 15.1. The van der Waals surface area contributed by atoms with Crippen molar-refractivity contribution in [2.45, 2.75) is 13.1 Å². The van der Waals surface area contributed by atoms with E-state index in [1.165, 1.54) is 5.54 Å². The Morgan fingerprint density at radius 3 is 1.54 bits per heavy atom. The summed E-state index contributed by atoms with van der Waals surface area (Å²) < 4.78 is 0. The molecule has 0 aromatic carbocycles. The minimum atomic E-state index is -1.92. The average molecular weight is 312 g/mol. The van der Waals surface area contributed by atoms with Crippen LogP contribution in [0.1, 0.15) is 0 Å². The first-order valence-electron chi connectivity index (χ1n) is 3.58. The van der Waals surface area contributed by atoms with Crippen LogP contribution in [0.25, 0.3) is 0 Å². The first-order valence-corrected chi connectivity index (χ1v) is 14.0. The van der Waals surface area contributed by atoms with E-state index in [1.807, 2.05) is 12.8 Å². The van der Waals surface area contributed by atoms with E-state index in [-0.39, 0.29) is 0 Å². The van der Waals surface area contributed by atoms with Gasteiger partial charge in [0.2, 0.25) is 0 Å². The standard InChI is InChI=1S/C7H10ClSi.3ClH.Ti/c1-9(2,8)7-5-3-4-6-7;;;;/h3-6H,1-2H3;3*1H;/q;;;;+4/p-3. The first-order chi connectivity index (χ1) is 5.84. The van der Waals surface area contributed by atoms with E-state index in [4.69, 9.17) is 39.0 Å². The molecular formula is C7H10Cl4SiTi+. The molecule has 1 aliphatic rings. The van der Waals surface area contributed by atoms with Gasteiger partial charge in [-0.05, 0) is 31.2 Å². The summed E-state index contributed by atoms with van der Waals surface area (Å²) in [4.78, 5) is 0. The Labute approximate surface area is 104 Å². The van der Waals surface area contributed by atoms with E-state index in [9.17, 15) is 0 Å². The number of halogens is 4. The van der Waals surface area contributed by atoms with Crippen LogP contribution in [-0.4, -0.2) is 7.38 Å². The molecule has 0 saturated heterocycles. The summed E-state index contributed by atoms with van der Waals surface area (Å²) >= 11 is 4.22. The second-order valence-corrected chi connectivity index (χ2v) is 17.0. The molecule has 1 fully saturated rings. The molecule has 1 aliphatic carbocycles. The molecule has 0 atom stereocenters. The monoisotopic (exact) mass is 310 g/mol. The van der Waals surface area contributed by atoms with Gasteiger partial charge >= 0.3 is 42.6 Å². The van der Waals surface area contributed by atoms with E-state index >= 15 is 0 Å². The van der Waals surface area contributed by atoms with Crippen LogP contribution >= 0.6 is 39.0 Å². The van der Waals surface area contributed by atoms with Crippen molar-refractivity contribution in [3.8, 4) is 0 Å². The van der Waals surface area contributed by atoms with Crippen LogP contribution in [0.4, 0.5) is 0 Å². The van der Waals surface area contributed by atoms with E-state index < -0.39 is 22.1 Å². The predicted octanol–water partition coefficient (Wildman–Crippen LogP) is 4.44. The van der Waals surface area contributed by atoms with Gasteiger partial charge < -0.3 is 0 Å². The van der Waals surface area contributed by atoms with Crippen LogP contribution < -0.4 is 0 Å². The molecule has 0 nitrogen and oxygen atoms in total. The zero-order valence-electron chi connectivity index (χ0n) is 7.32. The van der Waals surface area contributed by atoms with Crippen molar-refractivity contribution in [3.05, 3.63) is 31.2 Å². The van der Waals surface area contributed by atoms with Gasteiger partial charge in [0.05, 0.1) is 0 Å². The summed E-state index contributed by atoms with van der Waals surface area (Å²) in [6.45, 7) is 4.26. The SMILES string of the molecule is C[Si](C)(Cl)[C]1[CH][CH][CH][CH]1.[Cl][Ti+]([Cl])[Cl]. The molecule has 73 valence electrons. The van der Waals surface area contributed by atoms with Crippen LogP contribution in [0.2, 0.25) is 13.1 Å². The third-order valence-corrected chi connectivity index (χ3v) is 3.71. The Bertz CT molecular complexity index is 128. The fourth-order valence-electron chi connectivity index (χ4n) is 0.770. The van der Waals surface area contributed by atoms with Crippen LogP contribution in [-0.2, 0) is 14.7 Å². The van der Waals surface area contributed by atoms with Crippen molar-refractivity contribution in [1.82, 2.24) is 0 Å².